The van der Waals surface area contributed by atoms with Crippen molar-refractivity contribution in [3.05, 3.63) is 75.0 Å². The van der Waals surface area contributed by atoms with Crippen LogP contribution < -0.4 is 16.0 Å². The summed E-state index contributed by atoms with van der Waals surface area (Å²) in [5.74, 6) is 0.376. The molecule has 1 heterocycles. The second kappa shape index (κ2) is 7.49. The van der Waals surface area contributed by atoms with Crippen molar-refractivity contribution in [2.45, 2.75) is 12.8 Å². The van der Waals surface area contributed by atoms with E-state index in [4.69, 9.17) is 27.5 Å². The van der Waals surface area contributed by atoms with Crippen LogP contribution in [0, 0.1) is 5.41 Å². The van der Waals surface area contributed by atoms with Gasteiger partial charge in [-0.15, -0.1) is 0 Å². The summed E-state index contributed by atoms with van der Waals surface area (Å²) in [6.07, 6.45) is 1.14. The van der Waals surface area contributed by atoms with Gasteiger partial charge in [-0.1, -0.05) is 23.7 Å². The lowest BCUT2D eigenvalue weighted by atomic mass is 10.0. The quantitative estimate of drug-likeness (QED) is 0.475. The van der Waals surface area contributed by atoms with Crippen LogP contribution in [0.2, 0.25) is 5.02 Å². The summed E-state index contributed by atoms with van der Waals surface area (Å²) >= 11 is 6.03. The number of methoxy groups -OCH3 is 1. The first-order valence-corrected chi connectivity index (χ1v) is 8.44. The Morgan fingerprint density at radius 2 is 1.96 bits per heavy atom. The van der Waals surface area contributed by atoms with Gasteiger partial charge in [-0.25, -0.2) is 0 Å². The van der Waals surface area contributed by atoms with Gasteiger partial charge in [0.25, 0.3) is 5.56 Å². The number of hydrogen-bond donors (Lipinski definition) is 3. The number of aryl methyl sites for hydroxylation is 1. The predicted molar refractivity (Wildman–Crippen MR) is 103 cm³/mol. The molecule has 3 rings (SSSR count). The lowest BCUT2D eigenvalue weighted by Crippen LogP contribution is -2.31. The molecule has 0 unspecified atom stereocenters. The number of H-pyrrole nitrogens is 1. The van der Waals surface area contributed by atoms with Crippen LogP contribution in [0.15, 0.2) is 53.3 Å². The van der Waals surface area contributed by atoms with Crippen molar-refractivity contribution in [2.24, 2.45) is 5.73 Å². The van der Waals surface area contributed by atoms with Crippen LogP contribution in [0.1, 0.15) is 11.1 Å². The highest BCUT2D eigenvalue weighted by atomic mass is 35.5. The van der Waals surface area contributed by atoms with Gasteiger partial charge in [0, 0.05) is 16.1 Å². The average molecular weight is 371 g/mol. The zero-order valence-electron chi connectivity index (χ0n) is 14.3. The molecule has 134 valence electrons. The number of nitrogens with one attached hydrogen (secondary N) is 2. The molecule has 26 heavy (non-hydrogen) atoms. The zero-order valence-corrected chi connectivity index (χ0v) is 15.0. The normalized spacial score (nSPS) is 10.7. The Morgan fingerprint density at radius 1 is 1.23 bits per heavy atom. The van der Waals surface area contributed by atoms with Gasteiger partial charge in [0.05, 0.1) is 12.8 Å². The Balaban J connectivity index is 1.99. The second-order valence-electron chi connectivity index (χ2n) is 5.85. The molecule has 3 aromatic rings. The van der Waals surface area contributed by atoms with Crippen LogP contribution in [0.3, 0.4) is 0 Å². The van der Waals surface area contributed by atoms with Crippen LogP contribution in [-0.2, 0) is 12.8 Å². The molecule has 6 nitrogen and oxygen atoms in total. The Labute approximate surface area is 155 Å². The molecule has 1 aromatic heterocycles. The van der Waals surface area contributed by atoms with Gasteiger partial charge < -0.3 is 10.5 Å². The third kappa shape index (κ3) is 3.65. The fourth-order valence-corrected chi connectivity index (χ4v) is 3.04. The van der Waals surface area contributed by atoms with E-state index in [1.807, 2.05) is 48.5 Å². The molecule has 0 radical (unpaired) electrons. The average Bonchev–Trinajstić information content (AvgIpc) is 2.97. The Kier molecular flexibility index (Phi) is 5.14. The van der Waals surface area contributed by atoms with Crippen LogP contribution in [0.4, 0.5) is 0 Å². The monoisotopic (exact) mass is 370 g/mol. The maximum Gasteiger partial charge on any atom is 0.277 e. The first-order chi connectivity index (χ1) is 12.5. The fraction of sp³-hybridized carbons (Fsp3) is 0.158. The number of hydrogen-bond acceptors (Lipinski definition) is 3. The smallest absolute Gasteiger partial charge is 0.277 e. The highest BCUT2D eigenvalue weighted by molar-refractivity contribution is 6.30. The number of rotatable bonds is 5. The summed E-state index contributed by atoms with van der Waals surface area (Å²) in [7, 11) is 1.60. The predicted octanol–water partition coefficient (Wildman–Crippen LogP) is 3.03. The maximum absolute atomic E-state index is 12.7. The largest absolute Gasteiger partial charge is 0.497 e. The molecule has 0 spiro atoms. The van der Waals surface area contributed by atoms with Gasteiger partial charge >= 0.3 is 0 Å². The number of ether oxygens (including phenoxy) is 1. The molecule has 0 saturated heterocycles. The summed E-state index contributed by atoms with van der Waals surface area (Å²) in [6.45, 7) is 0. The number of aromatic amines is 1. The summed E-state index contributed by atoms with van der Waals surface area (Å²) in [4.78, 5) is 12.7. The van der Waals surface area contributed by atoms with E-state index >= 15 is 0 Å². The lowest BCUT2D eigenvalue weighted by Gasteiger charge is -2.05. The van der Waals surface area contributed by atoms with Crippen LogP contribution >= 0.6 is 11.6 Å². The molecule has 0 aliphatic carbocycles. The van der Waals surface area contributed by atoms with Gasteiger partial charge in [-0.2, -0.15) is 4.68 Å². The van der Waals surface area contributed by atoms with Crippen LogP contribution in [-0.4, -0.2) is 22.8 Å². The summed E-state index contributed by atoms with van der Waals surface area (Å²) in [6, 6.07) is 14.9. The molecule has 0 bridgehead atoms. The van der Waals surface area contributed by atoms with Crippen molar-refractivity contribution in [1.29, 1.82) is 5.41 Å². The number of nitrogen functional groups attached to an aromatic ring is 1. The van der Waals surface area contributed by atoms with E-state index in [-0.39, 0.29) is 11.5 Å². The van der Waals surface area contributed by atoms with Gasteiger partial charge in [0.2, 0.25) is 5.96 Å². The van der Waals surface area contributed by atoms with Gasteiger partial charge in [0.15, 0.2) is 0 Å². The van der Waals surface area contributed by atoms with E-state index in [0.29, 0.717) is 29.1 Å². The molecular weight excluding hydrogens is 352 g/mol. The topological polar surface area (TPSA) is 96.9 Å². The highest BCUT2D eigenvalue weighted by Gasteiger charge is 2.17. The summed E-state index contributed by atoms with van der Waals surface area (Å²) < 4.78 is 6.22. The number of nitrogens with zero attached hydrogens (tertiary/aromatic N) is 1. The van der Waals surface area contributed by atoms with Crippen molar-refractivity contribution in [2.75, 3.05) is 7.11 Å². The second-order valence-corrected chi connectivity index (χ2v) is 6.29. The SMILES string of the molecule is COc1ccc(-c2[nH]n(C(=N)N)c(=O)c2CCc2cccc(Cl)c2)cc1. The Morgan fingerprint density at radius 3 is 2.58 bits per heavy atom. The number of benzene rings is 2. The van der Waals surface area contributed by atoms with E-state index in [9.17, 15) is 4.79 Å². The molecule has 4 N–H and O–H groups in total. The summed E-state index contributed by atoms with van der Waals surface area (Å²) in [5, 5.41) is 11.2. The number of halogens is 1. The van der Waals surface area contributed by atoms with Crippen LogP contribution in [0.25, 0.3) is 11.3 Å². The molecule has 0 atom stereocenters. The van der Waals surface area contributed by atoms with Crippen molar-refractivity contribution < 1.29 is 4.74 Å². The molecule has 0 amide bonds. The molecule has 0 saturated carbocycles. The molecular formula is C19H19ClN4O2. The number of nitrogens with two attached hydrogens (primary N) is 1. The van der Waals surface area contributed by atoms with E-state index in [0.717, 1.165) is 21.6 Å². The Bertz CT molecular complexity index is 990. The van der Waals surface area contributed by atoms with Gasteiger partial charge in [-0.05, 0) is 54.8 Å². The van der Waals surface area contributed by atoms with Crippen molar-refractivity contribution in [3.8, 4) is 17.0 Å². The van der Waals surface area contributed by atoms with Crippen molar-refractivity contribution >= 4 is 17.6 Å². The van der Waals surface area contributed by atoms with E-state index < -0.39 is 0 Å². The van der Waals surface area contributed by atoms with E-state index in [1.54, 1.807) is 7.11 Å². The third-order valence-corrected chi connectivity index (χ3v) is 4.39. The van der Waals surface area contributed by atoms with Crippen LogP contribution in [0.5, 0.6) is 5.75 Å². The molecule has 2 aromatic carbocycles. The van der Waals surface area contributed by atoms with Crippen molar-refractivity contribution in [3.63, 3.8) is 0 Å². The minimum atomic E-state index is -0.348. The lowest BCUT2D eigenvalue weighted by molar-refractivity contribution is 0.415. The fourth-order valence-electron chi connectivity index (χ4n) is 2.83. The molecule has 7 heteroatoms. The van der Waals surface area contributed by atoms with E-state index in [1.165, 1.54) is 0 Å². The molecule has 0 aliphatic rings. The minimum absolute atomic E-state index is 0.314. The zero-order chi connectivity index (χ0) is 18.7. The maximum atomic E-state index is 12.7. The molecule has 0 aliphatic heterocycles. The third-order valence-electron chi connectivity index (χ3n) is 4.16. The van der Waals surface area contributed by atoms with E-state index in [2.05, 4.69) is 5.10 Å². The highest BCUT2D eigenvalue weighted by Crippen LogP contribution is 2.24. The first-order valence-electron chi connectivity index (χ1n) is 8.06. The number of aromatic nitrogens is 2. The van der Waals surface area contributed by atoms with Gasteiger partial charge in [-0.3, -0.25) is 15.3 Å². The minimum Gasteiger partial charge on any atom is -0.497 e. The standard InChI is InChI=1S/C19H19ClN4O2/c1-26-15-8-6-13(7-9-15)17-16(18(25)24(23-17)19(21)22)10-5-12-3-2-4-14(20)11-12/h2-4,6-9,11,23H,5,10H2,1H3,(H3,21,22). The van der Waals surface area contributed by atoms with Crippen molar-refractivity contribution in [1.82, 2.24) is 9.78 Å². The summed E-state index contributed by atoms with van der Waals surface area (Å²) in [5.41, 5.74) is 8.29. The van der Waals surface area contributed by atoms with Gasteiger partial charge in [0.1, 0.15) is 5.75 Å². The Hall–Kier alpha value is -2.99. The molecule has 0 fully saturated rings. The first kappa shape index (κ1) is 17.8.